The second kappa shape index (κ2) is 11.8. The number of rotatable bonds is 8. The zero-order valence-corrected chi connectivity index (χ0v) is 23.0. The van der Waals surface area contributed by atoms with Gasteiger partial charge in [0.15, 0.2) is 0 Å². The van der Waals surface area contributed by atoms with Crippen molar-refractivity contribution >= 4 is 32.5 Å². The Morgan fingerprint density at radius 3 is 2.67 bits per heavy atom. The summed E-state index contributed by atoms with van der Waals surface area (Å²) < 4.78 is 24.9. The van der Waals surface area contributed by atoms with Crippen LogP contribution in [0.25, 0.3) is 0 Å². The van der Waals surface area contributed by atoms with E-state index in [-0.39, 0.29) is 27.2 Å². The largest absolute Gasteiger partial charge is 0.0590 e. The van der Waals surface area contributed by atoms with Gasteiger partial charge in [0.1, 0.15) is 5.82 Å². The van der Waals surface area contributed by atoms with E-state index in [4.69, 9.17) is 14.7 Å². The second-order valence-corrected chi connectivity index (χ2v) is 11.3. The maximum Gasteiger partial charge on any atom is -0.0566 e. The van der Waals surface area contributed by atoms with Gasteiger partial charge in [0.05, 0.1) is 11.8 Å². The number of hydrazone groups is 1. The SMILES string of the molecule is Cc1ccc(C2CC(c3ccc(F)cc3)=NN2C(=O)C2Cc3ccc(OCCC[Se]C#N)cc3OC2=O)cc1. The molecule has 2 unspecified atom stereocenters. The molecule has 39 heavy (non-hydrogen) atoms. The fourth-order valence-corrected chi connectivity index (χ4v) is 5.41. The van der Waals surface area contributed by atoms with E-state index < -0.39 is 23.8 Å². The van der Waals surface area contributed by atoms with Crippen molar-refractivity contribution in [2.24, 2.45) is 11.0 Å². The molecule has 9 heteroatoms. The molecular formula is C30H26FN3O4Se. The average molecular weight is 591 g/mol. The number of amides is 1. The van der Waals surface area contributed by atoms with Crippen LogP contribution in [0.2, 0.25) is 5.32 Å². The predicted molar refractivity (Wildman–Crippen MR) is 144 cm³/mol. The number of hydrogen-bond donors (Lipinski definition) is 0. The van der Waals surface area contributed by atoms with E-state index >= 15 is 0 Å². The monoisotopic (exact) mass is 591 g/mol. The number of halogens is 1. The van der Waals surface area contributed by atoms with Gasteiger partial charge in [0.25, 0.3) is 0 Å². The molecule has 3 aromatic carbocycles. The summed E-state index contributed by atoms with van der Waals surface area (Å²) in [6, 6.07) is 18.8. The maximum absolute atomic E-state index is 13.8. The molecular weight excluding hydrogens is 564 g/mol. The molecule has 5 rings (SSSR count). The molecule has 0 spiro atoms. The third kappa shape index (κ3) is 6.03. The summed E-state index contributed by atoms with van der Waals surface area (Å²) >= 11 is -0.0338. The van der Waals surface area contributed by atoms with Gasteiger partial charge >= 0.3 is 127 Å². The van der Waals surface area contributed by atoms with Crippen molar-refractivity contribution < 1.29 is 23.5 Å². The van der Waals surface area contributed by atoms with E-state index in [9.17, 15) is 14.0 Å². The minimum atomic E-state index is -1.04. The van der Waals surface area contributed by atoms with Crippen LogP contribution in [0.15, 0.2) is 71.8 Å². The van der Waals surface area contributed by atoms with Gasteiger partial charge in [-0.05, 0) is 30.2 Å². The molecule has 0 radical (unpaired) electrons. The number of nitriles is 1. The van der Waals surface area contributed by atoms with Crippen LogP contribution in [0, 0.1) is 28.9 Å². The molecule has 0 aliphatic carbocycles. The molecule has 0 aromatic heterocycles. The Balaban J connectivity index is 1.36. The van der Waals surface area contributed by atoms with Gasteiger partial charge in [-0.2, -0.15) is 5.10 Å². The molecule has 2 aliphatic rings. The number of carbonyl (C=O) groups is 2. The third-order valence-electron chi connectivity index (χ3n) is 6.76. The van der Waals surface area contributed by atoms with Gasteiger partial charge in [0, 0.05) is 6.42 Å². The number of esters is 1. The van der Waals surface area contributed by atoms with E-state index in [0.717, 1.165) is 34.0 Å². The van der Waals surface area contributed by atoms with Crippen molar-refractivity contribution in [2.45, 2.75) is 37.5 Å². The van der Waals surface area contributed by atoms with Crippen LogP contribution in [0.5, 0.6) is 11.5 Å². The zero-order valence-electron chi connectivity index (χ0n) is 21.3. The Hall–Kier alpha value is -3.99. The summed E-state index contributed by atoms with van der Waals surface area (Å²) in [6.45, 7) is 2.46. The van der Waals surface area contributed by atoms with E-state index in [2.05, 4.69) is 10.1 Å². The first-order chi connectivity index (χ1) is 18.9. The Morgan fingerprint density at radius 2 is 1.92 bits per heavy atom. The Labute approximate surface area is 232 Å². The van der Waals surface area contributed by atoms with E-state index in [0.29, 0.717) is 30.2 Å². The molecule has 7 nitrogen and oxygen atoms in total. The van der Waals surface area contributed by atoms with Gasteiger partial charge in [-0.15, -0.1) is 0 Å². The fraction of sp³-hybridized carbons (Fsp3) is 0.267. The van der Waals surface area contributed by atoms with Crippen LogP contribution in [0.1, 0.15) is 41.1 Å². The van der Waals surface area contributed by atoms with Gasteiger partial charge in [-0.25, -0.2) is 4.39 Å². The first-order valence-electron chi connectivity index (χ1n) is 12.6. The summed E-state index contributed by atoms with van der Waals surface area (Å²) in [4.78, 5) is 29.0. The molecule has 0 saturated heterocycles. The molecule has 0 saturated carbocycles. The standard InChI is InChI=1S/C30H26FN3O4Se/c1-19-3-5-21(6-4-19)27-17-26(20-7-10-23(31)11-8-20)33-34(27)29(35)25-15-22-9-12-24(16-28(22)38-30(25)36)37-13-2-14-39-18-32/h3-12,16,25,27H,2,13-15,17H2,1H3. The van der Waals surface area contributed by atoms with Crippen LogP contribution in [-0.2, 0) is 16.0 Å². The summed E-state index contributed by atoms with van der Waals surface area (Å²) in [5.41, 5.74) is 4.10. The topological polar surface area (TPSA) is 92.0 Å². The zero-order chi connectivity index (χ0) is 27.4. The fourth-order valence-electron chi connectivity index (χ4n) is 4.66. The van der Waals surface area contributed by atoms with Crippen LogP contribution >= 0.6 is 0 Å². The maximum atomic E-state index is 13.8. The number of hydrogen-bond acceptors (Lipinski definition) is 6. The molecule has 2 aliphatic heterocycles. The molecule has 2 atom stereocenters. The normalized spacial score (nSPS) is 18.1. The predicted octanol–water partition coefficient (Wildman–Crippen LogP) is 4.96. The molecule has 3 aromatic rings. The summed E-state index contributed by atoms with van der Waals surface area (Å²) in [7, 11) is 0. The first kappa shape index (κ1) is 26.6. The Morgan fingerprint density at radius 1 is 1.15 bits per heavy atom. The molecule has 198 valence electrons. The van der Waals surface area contributed by atoms with Crippen molar-refractivity contribution in [1.82, 2.24) is 5.01 Å². The van der Waals surface area contributed by atoms with Crippen molar-refractivity contribution in [1.29, 1.82) is 5.26 Å². The van der Waals surface area contributed by atoms with Crippen molar-refractivity contribution in [3.63, 3.8) is 0 Å². The molecule has 0 fully saturated rings. The van der Waals surface area contributed by atoms with Crippen LogP contribution in [-0.4, -0.2) is 44.2 Å². The van der Waals surface area contributed by atoms with Crippen LogP contribution in [0.3, 0.4) is 0 Å². The number of ether oxygens (including phenoxy) is 2. The van der Waals surface area contributed by atoms with E-state index in [1.165, 1.54) is 17.1 Å². The number of carbonyl (C=O) groups excluding carboxylic acids is 2. The van der Waals surface area contributed by atoms with Gasteiger partial charge in [-0.3, -0.25) is 0 Å². The average Bonchev–Trinajstić information content (AvgIpc) is 3.38. The van der Waals surface area contributed by atoms with Crippen molar-refractivity contribution in [3.05, 3.63) is 94.8 Å². The van der Waals surface area contributed by atoms with E-state index in [1.54, 1.807) is 24.3 Å². The van der Waals surface area contributed by atoms with Gasteiger partial charge in [0.2, 0.25) is 0 Å². The quantitative estimate of drug-likeness (QED) is 0.122. The van der Waals surface area contributed by atoms with Gasteiger partial charge < -0.3 is 0 Å². The Kier molecular flexibility index (Phi) is 8.06. The van der Waals surface area contributed by atoms with Gasteiger partial charge in [-0.1, -0.05) is 42.0 Å². The van der Waals surface area contributed by atoms with Crippen molar-refractivity contribution in [3.8, 4) is 16.5 Å². The summed E-state index contributed by atoms with van der Waals surface area (Å²) in [5.74, 6) is -1.50. The number of aryl methyl sites for hydroxylation is 1. The van der Waals surface area contributed by atoms with E-state index in [1.807, 2.05) is 37.3 Å². The number of fused-ring (bicyclic) bond motifs is 1. The molecule has 0 N–H and O–H groups in total. The van der Waals surface area contributed by atoms with Crippen molar-refractivity contribution in [2.75, 3.05) is 6.61 Å². The number of benzene rings is 3. The molecule has 0 bridgehead atoms. The summed E-state index contributed by atoms with van der Waals surface area (Å²) in [5, 5.41) is 15.5. The van der Waals surface area contributed by atoms with Crippen LogP contribution < -0.4 is 9.47 Å². The van der Waals surface area contributed by atoms with Crippen LogP contribution in [0.4, 0.5) is 4.39 Å². The second-order valence-electron chi connectivity index (χ2n) is 9.46. The third-order valence-corrected chi connectivity index (χ3v) is 8.06. The molecule has 1 amide bonds. The number of nitrogens with zero attached hydrogens (tertiary/aromatic N) is 3. The minimum Gasteiger partial charge on any atom is -0.0590 e. The minimum absolute atomic E-state index is 0.0338. The molecule has 2 heterocycles. The smallest absolute Gasteiger partial charge is 0.0566 e. The Bertz CT molecular complexity index is 1450. The summed E-state index contributed by atoms with van der Waals surface area (Å²) in [6.07, 6.45) is 1.41. The first-order valence-corrected chi connectivity index (χ1v) is 14.7.